The molecule has 2 aromatic carbocycles. The van der Waals surface area contributed by atoms with Gasteiger partial charge in [0.1, 0.15) is 4.90 Å². The molecule has 0 fully saturated rings. The van der Waals surface area contributed by atoms with Crippen molar-refractivity contribution in [2.45, 2.75) is 4.90 Å². The highest BCUT2D eigenvalue weighted by Gasteiger charge is 2.19. The highest BCUT2D eigenvalue weighted by Crippen LogP contribution is 2.29. The van der Waals surface area contributed by atoms with Crippen LogP contribution in [0.15, 0.2) is 50.2 Å². The highest BCUT2D eigenvalue weighted by molar-refractivity contribution is 14.1. The standard InChI is InChI=1S/C12H7Br2ClINO2S/c13-7-1-3-9(14)12(5-7)20(18,19)17-11-4-2-8(15)6-10(11)16/h1-6,17H. The second kappa shape index (κ2) is 6.51. The number of anilines is 1. The molecule has 0 spiro atoms. The fourth-order valence-electron chi connectivity index (χ4n) is 1.46. The summed E-state index contributed by atoms with van der Waals surface area (Å²) in [5.74, 6) is 0. The molecule has 8 heteroatoms. The molecule has 0 aromatic heterocycles. The summed E-state index contributed by atoms with van der Waals surface area (Å²) in [5, 5.41) is 0.556. The van der Waals surface area contributed by atoms with Gasteiger partial charge < -0.3 is 0 Å². The molecule has 0 aliphatic rings. The predicted octanol–water partition coefficient (Wildman–Crippen LogP) is 5.27. The highest BCUT2D eigenvalue weighted by atomic mass is 127. The van der Waals surface area contributed by atoms with Crippen molar-refractivity contribution in [3.63, 3.8) is 0 Å². The molecule has 0 unspecified atom stereocenters. The first kappa shape index (κ1) is 16.5. The van der Waals surface area contributed by atoms with Gasteiger partial charge in [-0.3, -0.25) is 4.72 Å². The Labute approximate surface area is 152 Å². The van der Waals surface area contributed by atoms with Gasteiger partial charge in [0.2, 0.25) is 0 Å². The zero-order chi connectivity index (χ0) is 14.9. The van der Waals surface area contributed by atoms with Crippen LogP contribution in [0.4, 0.5) is 5.69 Å². The van der Waals surface area contributed by atoms with Gasteiger partial charge in [0, 0.05) is 17.5 Å². The first-order chi connectivity index (χ1) is 9.29. The molecule has 20 heavy (non-hydrogen) atoms. The minimum Gasteiger partial charge on any atom is -0.279 e. The molecule has 0 aliphatic carbocycles. The van der Waals surface area contributed by atoms with Gasteiger partial charge >= 0.3 is 0 Å². The van der Waals surface area contributed by atoms with E-state index in [0.717, 1.165) is 3.57 Å². The molecule has 0 saturated heterocycles. The molecular weight excluding hydrogens is 544 g/mol. The van der Waals surface area contributed by atoms with Gasteiger partial charge in [-0.25, -0.2) is 8.42 Å². The van der Waals surface area contributed by atoms with Crippen LogP contribution in [0.1, 0.15) is 0 Å². The number of halogens is 4. The van der Waals surface area contributed by atoms with Gasteiger partial charge in [-0.15, -0.1) is 0 Å². The molecule has 0 aliphatic heterocycles. The molecule has 0 radical (unpaired) electrons. The number of hydrogen-bond acceptors (Lipinski definition) is 2. The molecule has 0 heterocycles. The van der Waals surface area contributed by atoms with Crippen molar-refractivity contribution < 1.29 is 8.42 Å². The second-order valence-electron chi connectivity index (χ2n) is 3.80. The van der Waals surface area contributed by atoms with Crippen LogP contribution in [0.3, 0.4) is 0 Å². The summed E-state index contributed by atoms with van der Waals surface area (Å²) in [6.45, 7) is 0. The average Bonchev–Trinajstić information content (AvgIpc) is 2.35. The molecule has 106 valence electrons. The maximum Gasteiger partial charge on any atom is 0.263 e. The van der Waals surface area contributed by atoms with Gasteiger partial charge in [0.25, 0.3) is 10.0 Å². The minimum atomic E-state index is -3.68. The Morgan fingerprint density at radius 1 is 1.10 bits per heavy atom. The van der Waals surface area contributed by atoms with E-state index in [1.165, 1.54) is 6.07 Å². The van der Waals surface area contributed by atoms with Crippen molar-refractivity contribution in [3.05, 3.63) is 53.9 Å². The second-order valence-corrected chi connectivity index (χ2v) is 8.82. The van der Waals surface area contributed by atoms with Crippen LogP contribution in [0.25, 0.3) is 0 Å². The molecule has 1 N–H and O–H groups in total. The van der Waals surface area contributed by atoms with E-state index in [4.69, 9.17) is 11.6 Å². The normalized spacial score (nSPS) is 11.4. The fraction of sp³-hybridized carbons (Fsp3) is 0. The van der Waals surface area contributed by atoms with Gasteiger partial charge in [-0.05, 0) is 74.9 Å². The molecule has 2 rings (SSSR count). The van der Waals surface area contributed by atoms with Crippen molar-refractivity contribution in [3.8, 4) is 0 Å². The molecule has 0 atom stereocenters. The van der Waals surface area contributed by atoms with E-state index in [0.29, 0.717) is 19.7 Å². The Balaban J connectivity index is 2.43. The van der Waals surface area contributed by atoms with Crippen LogP contribution in [-0.2, 0) is 10.0 Å². The summed E-state index contributed by atoms with van der Waals surface area (Å²) >= 11 is 14.4. The van der Waals surface area contributed by atoms with Crippen molar-refractivity contribution in [1.82, 2.24) is 0 Å². The van der Waals surface area contributed by atoms with E-state index in [9.17, 15) is 8.42 Å². The fourth-order valence-corrected chi connectivity index (χ4v) is 5.23. The van der Waals surface area contributed by atoms with Crippen molar-refractivity contribution in [2.75, 3.05) is 4.72 Å². The molecule has 0 amide bonds. The summed E-state index contributed by atoms with van der Waals surface area (Å²) in [4.78, 5) is 0.164. The molecule has 3 nitrogen and oxygen atoms in total. The lowest BCUT2D eigenvalue weighted by Crippen LogP contribution is -2.14. The number of nitrogens with one attached hydrogen (secondary N) is 1. The Morgan fingerprint density at radius 2 is 1.80 bits per heavy atom. The zero-order valence-electron chi connectivity index (χ0n) is 9.70. The average molecular weight is 551 g/mol. The Morgan fingerprint density at radius 3 is 2.45 bits per heavy atom. The van der Waals surface area contributed by atoms with Crippen LogP contribution in [0.5, 0.6) is 0 Å². The van der Waals surface area contributed by atoms with Crippen molar-refractivity contribution >= 4 is 81.8 Å². The van der Waals surface area contributed by atoms with Gasteiger partial charge in [-0.1, -0.05) is 27.5 Å². The minimum absolute atomic E-state index is 0.164. The summed E-state index contributed by atoms with van der Waals surface area (Å²) in [5.41, 5.74) is 0.488. The first-order valence-electron chi connectivity index (χ1n) is 5.22. The summed E-state index contributed by atoms with van der Waals surface area (Å²) in [6, 6.07) is 9.93. The smallest absolute Gasteiger partial charge is 0.263 e. The van der Waals surface area contributed by atoms with E-state index in [1.54, 1.807) is 30.3 Å². The van der Waals surface area contributed by atoms with Crippen LogP contribution in [-0.4, -0.2) is 8.42 Å². The number of rotatable bonds is 3. The van der Waals surface area contributed by atoms with Crippen LogP contribution < -0.4 is 4.72 Å². The third kappa shape index (κ3) is 3.88. The van der Waals surface area contributed by atoms with Gasteiger partial charge in [0.05, 0.1) is 5.69 Å². The maximum atomic E-state index is 12.4. The topological polar surface area (TPSA) is 46.2 Å². The molecule has 0 saturated carbocycles. The van der Waals surface area contributed by atoms with Crippen LogP contribution in [0, 0.1) is 3.57 Å². The Bertz CT molecular complexity index is 768. The van der Waals surface area contributed by atoms with Crippen molar-refractivity contribution in [2.24, 2.45) is 0 Å². The van der Waals surface area contributed by atoms with E-state index in [1.807, 2.05) is 22.6 Å². The number of benzene rings is 2. The summed E-state index contributed by atoms with van der Waals surface area (Å²) in [7, 11) is -3.68. The number of sulfonamides is 1. The zero-order valence-corrected chi connectivity index (χ0v) is 16.6. The lowest BCUT2D eigenvalue weighted by molar-refractivity contribution is 0.600. The SMILES string of the molecule is O=S(=O)(Nc1ccc(Cl)cc1I)c1cc(Br)ccc1Br. The predicted molar refractivity (Wildman–Crippen MR) is 96.8 cm³/mol. The molecule has 0 bridgehead atoms. The largest absolute Gasteiger partial charge is 0.279 e. The van der Waals surface area contributed by atoms with Crippen molar-refractivity contribution in [1.29, 1.82) is 0 Å². The van der Waals surface area contributed by atoms with E-state index in [2.05, 4.69) is 36.6 Å². The summed E-state index contributed by atoms with van der Waals surface area (Å²) in [6.07, 6.45) is 0. The lowest BCUT2D eigenvalue weighted by Gasteiger charge is -2.11. The monoisotopic (exact) mass is 549 g/mol. The van der Waals surface area contributed by atoms with E-state index >= 15 is 0 Å². The molecule has 2 aromatic rings. The molecular formula is C12H7Br2ClINO2S. The van der Waals surface area contributed by atoms with E-state index in [-0.39, 0.29) is 4.90 Å². The van der Waals surface area contributed by atoms with Crippen LogP contribution in [0.2, 0.25) is 5.02 Å². The first-order valence-corrected chi connectivity index (χ1v) is 9.75. The summed E-state index contributed by atoms with van der Waals surface area (Å²) < 4.78 is 29.3. The quantitative estimate of drug-likeness (QED) is 0.529. The third-order valence-corrected chi connectivity index (χ3v) is 6.34. The van der Waals surface area contributed by atoms with Gasteiger partial charge in [0.15, 0.2) is 0 Å². The van der Waals surface area contributed by atoms with Crippen LogP contribution >= 0.6 is 66.1 Å². The lowest BCUT2D eigenvalue weighted by atomic mass is 10.3. The van der Waals surface area contributed by atoms with E-state index < -0.39 is 10.0 Å². The van der Waals surface area contributed by atoms with Gasteiger partial charge in [-0.2, -0.15) is 0 Å². The Hall–Kier alpha value is 0.170. The Kier molecular flexibility index (Phi) is 5.39. The number of hydrogen-bond donors (Lipinski definition) is 1. The third-order valence-electron chi connectivity index (χ3n) is 2.36. The maximum absolute atomic E-state index is 12.4.